The molecule has 0 saturated heterocycles. The fourth-order valence-corrected chi connectivity index (χ4v) is 1.65. The highest BCUT2D eigenvalue weighted by atomic mass is 79.9. The molecule has 0 aliphatic carbocycles. The van der Waals surface area contributed by atoms with E-state index in [1.165, 1.54) is 0 Å². The summed E-state index contributed by atoms with van der Waals surface area (Å²) in [6.45, 7) is 7.71. The molecule has 1 rings (SSSR count). The summed E-state index contributed by atoms with van der Waals surface area (Å²) < 4.78 is 8.45. The highest BCUT2D eigenvalue weighted by Crippen LogP contribution is 2.14. The largest absolute Gasteiger partial charge is 0.374 e. The second-order valence-electron chi connectivity index (χ2n) is 3.56. The van der Waals surface area contributed by atoms with Crippen LogP contribution >= 0.6 is 15.9 Å². The summed E-state index contributed by atoms with van der Waals surface area (Å²) in [5, 5.41) is 0. The zero-order chi connectivity index (χ0) is 9.90. The van der Waals surface area contributed by atoms with Crippen molar-refractivity contribution in [2.24, 2.45) is 0 Å². The van der Waals surface area contributed by atoms with E-state index >= 15 is 0 Å². The number of aromatic nitrogens is 2. The zero-order valence-corrected chi connectivity index (χ0v) is 9.84. The average molecular weight is 247 g/mol. The molecule has 3 nitrogen and oxygen atoms in total. The number of hydrogen-bond acceptors (Lipinski definition) is 2. The van der Waals surface area contributed by atoms with E-state index in [0.717, 1.165) is 17.8 Å². The van der Waals surface area contributed by atoms with Crippen LogP contribution in [-0.4, -0.2) is 21.8 Å². The standard InChI is InChI=1S/C9H15BrN2O/c1-4-13-9(2,3)6-12-5-8(10)11-7-12/h5,7H,4,6H2,1-3H3. The smallest absolute Gasteiger partial charge is 0.124 e. The topological polar surface area (TPSA) is 27.1 Å². The van der Waals surface area contributed by atoms with Gasteiger partial charge in [0.05, 0.1) is 18.5 Å². The molecule has 0 unspecified atom stereocenters. The fraction of sp³-hybridized carbons (Fsp3) is 0.667. The van der Waals surface area contributed by atoms with Crippen LogP contribution in [0.4, 0.5) is 0 Å². The van der Waals surface area contributed by atoms with Crippen LogP contribution in [0.15, 0.2) is 17.1 Å². The van der Waals surface area contributed by atoms with Gasteiger partial charge in [0, 0.05) is 12.8 Å². The molecule has 74 valence electrons. The van der Waals surface area contributed by atoms with Gasteiger partial charge in [-0.15, -0.1) is 0 Å². The normalized spacial score (nSPS) is 12.0. The lowest BCUT2D eigenvalue weighted by atomic mass is 10.1. The Morgan fingerprint density at radius 2 is 2.31 bits per heavy atom. The Balaban J connectivity index is 2.57. The summed E-state index contributed by atoms with van der Waals surface area (Å²) >= 11 is 3.31. The molecule has 0 saturated carbocycles. The maximum Gasteiger partial charge on any atom is 0.124 e. The quantitative estimate of drug-likeness (QED) is 0.817. The summed E-state index contributed by atoms with van der Waals surface area (Å²) in [4.78, 5) is 4.08. The van der Waals surface area contributed by atoms with Crippen molar-refractivity contribution in [1.82, 2.24) is 9.55 Å². The fourth-order valence-electron chi connectivity index (χ4n) is 1.30. The van der Waals surface area contributed by atoms with E-state index in [-0.39, 0.29) is 5.60 Å². The number of ether oxygens (including phenoxy) is 1. The van der Waals surface area contributed by atoms with Gasteiger partial charge in [0.25, 0.3) is 0 Å². The van der Waals surface area contributed by atoms with Crippen LogP contribution in [0.5, 0.6) is 0 Å². The van der Waals surface area contributed by atoms with Crippen LogP contribution in [0.2, 0.25) is 0 Å². The molecular formula is C9H15BrN2O. The molecule has 0 fully saturated rings. The summed E-state index contributed by atoms with van der Waals surface area (Å²) in [5.74, 6) is 0. The highest BCUT2D eigenvalue weighted by Gasteiger charge is 2.18. The Bertz CT molecular complexity index is 270. The van der Waals surface area contributed by atoms with Crippen molar-refractivity contribution < 1.29 is 4.74 Å². The number of rotatable bonds is 4. The minimum Gasteiger partial charge on any atom is -0.374 e. The van der Waals surface area contributed by atoms with Crippen LogP contribution in [0.3, 0.4) is 0 Å². The molecule has 1 heterocycles. The van der Waals surface area contributed by atoms with Gasteiger partial charge in [0.1, 0.15) is 4.60 Å². The number of imidazole rings is 1. The Hall–Kier alpha value is -0.350. The van der Waals surface area contributed by atoms with Gasteiger partial charge in [-0.05, 0) is 36.7 Å². The van der Waals surface area contributed by atoms with E-state index in [0.29, 0.717) is 0 Å². The van der Waals surface area contributed by atoms with Gasteiger partial charge in [-0.3, -0.25) is 0 Å². The third-order valence-corrected chi connectivity index (χ3v) is 2.11. The predicted molar refractivity (Wildman–Crippen MR) is 55.6 cm³/mol. The first kappa shape index (κ1) is 10.7. The lowest BCUT2D eigenvalue weighted by molar-refractivity contribution is -0.0224. The lowest BCUT2D eigenvalue weighted by Gasteiger charge is -2.24. The van der Waals surface area contributed by atoms with Crippen molar-refractivity contribution in [1.29, 1.82) is 0 Å². The molecule has 0 aliphatic rings. The molecule has 1 aromatic heterocycles. The van der Waals surface area contributed by atoms with E-state index in [4.69, 9.17) is 4.74 Å². The Morgan fingerprint density at radius 3 is 2.77 bits per heavy atom. The average Bonchev–Trinajstić information content (AvgIpc) is 2.34. The second kappa shape index (κ2) is 4.24. The van der Waals surface area contributed by atoms with E-state index in [1.807, 2.05) is 17.7 Å². The molecule has 0 aromatic carbocycles. The predicted octanol–water partition coefficient (Wildman–Crippen LogP) is 2.46. The molecule has 0 bridgehead atoms. The first-order chi connectivity index (χ1) is 6.03. The molecule has 0 amide bonds. The van der Waals surface area contributed by atoms with Crippen molar-refractivity contribution in [3.05, 3.63) is 17.1 Å². The Morgan fingerprint density at radius 1 is 1.62 bits per heavy atom. The third kappa shape index (κ3) is 3.48. The van der Waals surface area contributed by atoms with E-state index in [1.54, 1.807) is 6.33 Å². The number of nitrogens with zero attached hydrogens (tertiary/aromatic N) is 2. The lowest BCUT2D eigenvalue weighted by Crippen LogP contribution is -2.29. The van der Waals surface area contributed by atoms with Gasteiger partial charge < -0.3 is 9.30 Å². The summed E-state index contributed by atoms with van der Waals surface area (Å²) in [6, 6.07) is 0. The number of halogens is 1. The first-order valence-corrected chi connectivity index (χ1v) is 5.14. The van der Waals surface area contributed by atoms with Crippen LogP contribution in [0.1, 0.15) is 20.8 Å². The van der Waals surface area contributed by atoms with Crippen molar-refractivity contribution in [3.8, 4) is 0 Å². The molecule has 0 aliphatic heterocycles. The third-order valence-electron chi connectivity index (χ3n) is 1.70. The summed E-state index contributed by atoms with van der Waals surface area (Å²) in [7, 11) is 0. The van der Waals surface area contributed by atoms with E-state index in [9.17, 15) is 0 Å². The minimum absolute atomic E-state index is 0.130. The molecule has 4 heteroatoms. The second-order valence-corrected chi connectivity index (χ2v) is 4.37. The van der Waals surface area contributed by atoms with E-state index < -0.39 is 0 Å². The Kier molecular flexibility index (Phi) is 3.50. The van der Waals surface area contributed by atoms with Crippen LogP contribution in [0.25, 0.3) is 0 Å². The van der Waals surface area contributed by atoms with Crippen LogP contribution < -0.4 is 0 Å². The van der Waals surface area contributed by atoms with Crippen molar-refractivity contribution in [3.63, 3.8) is 0 Å². The van der Waals surface area contributed by atoms with Gasteiger partial charge >= 0.3 is 0 Å². The van der Waals surface area contributed by atoms with Gasteiger partial charge in [0.15, 0.2) is 0 Å². The maximum atomic E-state index is 5.58. The van der Waals surface area contributed by atoms with Crippen molar-refractivity contribution in [2.45, 2.75) is 32.9 Å². The molecular weight excluding hydrogens is 232 g/mol. The molecule has 0 radical (unpaired) electrons. The molecule has 0 atom stereocenters. The molecule has 13 heavy (non-hydrogen) atoms. The van der Waals surface area contributed by atoms with Crippen LogP contribution in [0, 0.1) is 0 Å². The SMILES string of the molecule is CCOC(C)(C)Cn1cnc(Br)c1. The molecule has 1 aromatic rings. The Labute approximate surface area is 87.2 Å². The summed E-state index contributed by atoms with van der Waals surface area (Å²) in [5.41, 5.74) is -0.130. The van der Waals surface area contributed by atoms with Crippen molar-refractivity contribution >= 4 is 15.9 Å². The minimum atomic E-state index is -0.130. The van der Waals surface area contributed by atoms with Gasteiger partial charge in [-0.25, -0.2) is 4.98 Å². The molecule has 0 spiro atoms. The van der Waals surface area contributed by atoms with Gasteiger partial charge in [-0.2, -0.15) is 0 Å². The van der Waals surface area contributed by atoms with Crippen molar-refractivity contribution in [2.75, 3.05) is 6.61 Å². The molecule has 0 N–H and O–H groups in total. The zero-order valence-electron chi connectivity index (χ0n) is 8.25. The summed E-state index contributed by atoms with van der Waals surface area (Å²) in [6.07, 6.45) is 3.74. The van der Waals surface area contributed by atoms with E-state index in [2.05, 4.69) is 34.8 Å². The first-order valence-electron chi connectivity index (χ1n) is 4.35. The maximum absolute atomic E-state index is 5.58. The van der Waals surface area contributed by atoms with Gasteiger partial charge in [-0.1, -0.05) is 0 Å². The van der Waals surface area contributed by atoms with Crippen LogP contribution in [-0.2, 0) is 11.3 Å². The number of hydrogen-bond donors (Lipinski definition) is 0. The highest BCUT2D eigenvalue weighted by molar-refractivity contribution is 9.10. The monoisotopic (exact) mass is 246 g/mol. The van der Waals surface area contributed by atoms with Gasteiger partial charge in [0.2, 0.25) is 0 Å².